The summed E-state index contributed by atoms with van der Waals surface area (Å²) < 4.78 is 5.14. The third-order valence-corrected chi connectivity index (χ3v) is 4.28. The molecule has 6 nitrogen and oxygen atoms in total. The van der Waals surface area contributed by atoms with Gasteiger partial charge < -0.3 is 14.5 Å². The number of carbonyl (C=O) groups is 2. The third kappa shape index (κ3) is 4.35. The SMILES string of the molecule is COc1ccc(CN2CCN(C(=O)Cc3cccnc3)CC2=O)cc1. The van der Waals surface area contributed by atoms with E-state index in [0.717, 1.165) is 16.9 Å². The van der Waals surface area contributed by atoms with Gasteiger partial charge in [0.15, 0.2) is 0 Å². The second-order valence-electron chi connectivity index (χ2n) is 6.02. The number of pyridine rings is 1. The molecule has 0 bridgehead atoms. The first-order valence-electron chi connectivity index (χ1n) is 8.23. The maximum atomic E-state index is 12.4. The lowest BCUT2D eigenvalue weighted by atomic mass is 10.1. The largest absolute Gasteiger partial charge is 0.497 e. The van der Waals surface area contributed by atoms with Crippen LogP contribution >= 0.6 is 0 Å². The van der Waals surface area contributed by atoms with Crippen LogP contribution in [0, 0.1) is 0 Å². The number of ether oxygens (including phenoxy) is 1. The van der Waals surface area contributed by atoms with Gasteiger partial charge >= 0.3 is 0 Å². The number of aromatic nitrogens is 1. The zero-order valence-electron chi connectivity index (χ0n) is 14.2. The highest BCUT2D eigenvalue weighted by atomic mass is 16.5. The zero-order valence-corrected chi connectivity index (χ0v) is 14.2. The molecule has 2 aromatic rings. The van der Waals surface area contributed by atoms with Crippen LogP contribution in [-0.4, -0.2) is 53.3 Å². The van der Waals surface area contributed by atoms with Crippen molar-refractivity contribution >= 4 is 11.8 Å². The second kappa shape index (κ2) is 7.79. The van der Waals surface area contributed by atoms with Crippen LogP contribution in [0.5, 0.6) is 5.75 Å². The van der Waals surface area contributed by atoms with E-state index >= 15 is 0 Å². The van der Waals surface area contributed by atoms with Crippen molar-refractivity contribution in [2.45, 2.75) is 13.0 Å². The van der Waals surface area contributed by atoms with Crippen LogP contribution in [0.4, 0.5) is 0 Å². The standard InChI is InChI=1S/C19H21N3O3/c1-25-17-6-4-15(5-7-17)13-21-9-10-22(14-19(21)24)18(23)11-16-3-2-8-20-12-16/h2-8,12H,9-11,13-14H2,1H3. The highest BCUT2D eigenvalue weighted by molar-refractivity contribution is 5.87. The molecule has 1 saturated heterocycles. The fourth-order valence-electron chi connectivity index (χ4n) is 2.83. The van der Waals surface area contributed by atoms with E-state index in [1.165, 1.54) is 0 Å². The molecule has 0 N–H and O–H groups in total. The molecule has 2 amide bonds. The molecule has 130 valence electrons. The lowest BCUT2D eigenvalue weighted by Gasteiger charge is -2.34. The van der Waals surface area contributed by atoms with Gasteiger partial charge in [0.1, 0.15) is 5.75 Å². The van der Waals surface area contributed by atoms with E-state index in [9.17, 15) is 9.59 Å². The molecule has 0 atom stereocenters. The van der Waals surface area contributed by atoms with Crippen LogP contribution in [0.2, 0.25) is 0 Å². The number of methoxy groups -OCH3 is 1. The normalized spacial score (nSPS) is 14.5. The average Bonchev–Trinajstić information content (AvgIpc) is 2.65. The summed E-state index contributed by atoms with van der Waals surface area (Å²) in [5.41, 5.74) is 1.91. The van der Waals surface area contributed by atoms with Crippen LogP contribution in [0.25, 0.3) is 0 Å². The van der Waals surface area contributed by atoms with E-state index in [-0.39, 0.29) is 24.8 Å². The molecule has 0 radical (unpaired) electrons. The lowest BCUT2D eigenvalue weighted by Crippen LogP contribution is -2.52. The number of amides is 2. The number of nitrogens with zero attached hydrogens (tertiary/aromatic N) is 3. The minimum atomic E-state index is -0.0366. The fourth-order valence-corrected chi connectivity index (χ4v) is 2.83. The minimum Gasteiger partial charge on any atom is -0.497 e. The molecule has 0 aliphatic carbocycles. The van der Waals surface area contributed by atoms with Crippen molar-refractivity contribution in [2.75, 3.05) is 26.7 Å². The van der Waals surface area contributed by atoms with Gasteiger partial charge in [-0.25, -0.2) is 0 Å². The molecule has 25 heavy (non-hydrogen) atoms. The van der Waals surface area contributed by atoms with Gasteiger partial charge in [-0.05, 0) is 29.3 Å². The summed E-state index contributed by atoms with van der Waals surface area (Å²) in [7, 11) is 1.63. The van der Waals surface area contributed by atoms with Gasteiger partial charge in [0.25, 0.3) is 0 Å². The Morgan fingerprint density at radius 3 is 2.60 bits per heavy atom. The Morgan fingerprint density at radius 2 is 1.96 bits per heavy atom. The van der Waals surface area contributed by atoms with Crippen molar-refractivity contribution in [3.63, 3.8) is 0 Å². The maximum Gasteiger partial charge on any atom is 0.242 e. The van der Waals surface area contributed by atoms with E-state index in [1.54, 1.807) is 35.4 Å². The monoisotopic (exact) mass is 339 g/mol. The highest BCUT2D eigenvalue weighted by Gasteiger charge is 2.27. The van der Waals surface area contributed by atoms with Crippen LogP contribution < -0.4 is 4.74 Å². The minimum absolute atomic E-state index is 0.0263. The quantitative estimate of drug-likeness (QED) is 0.828. The molecule has 1 aliphatic heterocycles. The van der Waals surface area contributed by atoms with Crippen molar-refractivity contribution in [3.05, 3.63) is 59.9 Å². The highest BCUT2D eigenvalue weighted by Crippen LogP contribution is 2.15. The number of hydrogen-bond donors (Lipinski definition) is 0. The van der Waals surface area contributed by atoms with Crippen molar-refractivity contribution in [2.24, 2.45) is 0 Å². The number of hydrogen-bond acceptors (Lipinski definition) is 4. The van der Waals surface area contributed by atoms with Crippen LogP contribution in [-0.2, 0) is 22.6 Å². The topological polar surface area (TPSA) is 62.7 Å². The van der Waals surface area contributed by atoms with Crippen molar-refractivity contribution in [3.8, 4) is 5.75 Å². The molecule has 1 aromatic heterocycles. The summed E-state index contributed by atoms with van der Waals surface area (Å²) in [5, 5.41) is 0. The Balaban J connectivity index is 1.54. The predicted octanol–water partition coefficient (Wildman–Crippen LogP) is 1.50. The molecule has 1 fully saturated rings. The molecule has 1 aromatic carbocycles. The summed E-state index contributed by atoms with van der Waals surface area (Å²) in [6, 6.07) is 11.3. The smallest absolute Gasteiger partial charge is 0.242 e. The van der Waals surface area contributed by atoms with E-state index in [1.807, 2.05) is 30.3 Å². The fraction of sp³-hybridized carbons (Fsp3) is 0.316. The van der Waals surface area contributed by atoms with Crippen molar-refractivity contribution < 1.29 is 14.3 Å². The summed E-state index contributed by atoms with van der Waals surface area (Å²) >= 11 is 0. The number of rotatable bonds is 5. The Bertz CT molecular complexity index is 731. The van der Waals surface area contributed by atoms with Gasteiger partial charge in [-0.15, -0.1) is 0 Å². The van der Waals surface area contributed by atoms with Crippen molar-refractivity contribution in [1.29, 1.82) is 0 Å². The summed E-state index contributed by atoms with van der Waals surface area (Å²) in [5.74, 6) is 0.730. The molecule has 0 spiro atoms. The number of benzene rings is 1. The van der Waals surface area contributed by atoms with Crippen LogP contribution in [0.1, 0.15) is 11.1 Å². The molecular weight excluding hydrogens is 318 g/mol. The number of piperazine rings is 1. The van der Waals surface area contributed by atoms with Gasteiger partial charge in [0.2, 0.25) is 11.8 Å². The van der Waals surface area contributed by atoms with Crippen molar-refractivity contribution in [1.82, 2.24) is 14.8 Å². The Hall–Kier alpha value is -2.89. The maximum absolute atomic E-state index is 12.4. The molecule has 0 saturated carbocycles. The Labute approximate surface area is 147 Å². The van der Waals surface area contributed by atoms with E-state index < -0.39 is 0 Å². The first-order chi connectivity index (χ1) is 12.2. The number of carbonyl (C=O) groups excluding carboxylic acids is 2. The van der Waals surface area contributed by atoms with Gasteiger partial charge in [-0.1, -0.05) is 18.2 Å². The average molecular weight is 339 g/mol. The summed E-state index contributed by atoms with van der Waals surface area (Å²) in [4.78, 5) is 32.2. The third-order valence-electron chi connectivity index (χ3n) is 4.28. The van der Waals surface area contributed by atoms with Crippen LogP contribution in [0.15, 0.2) is 48.8 Å². The predicted molar refractivity (Wildman–Crippen MR) is 92.9 cm³/mol. The Kier molecular flexibility index (Phi) is 5.28. The zero-order chi connectivity index (χ0) is 17.6. The van der Waals surface area contributed by atoms with E-state index in [4.69, 9.17) is 4.74 Å². The van der Waals surface area contributed by atoms with Gasteiger partial charge in [-0.2, -0.15) is 0 Å². The van der Waals surface area contributed by atoms with Gasteiger partial charge in [0.05, 0.1) is 20.1 Å². The van der Waals surface area contributed by atoms with E-state index in [0.29, 0.717) is 19.6 Å². The van der Waals surface area contributed by atoms with Gasteiger partial charge in [0, 0.05) is 32.0 Å². The molecular formula is C19H21N3O3. The summed E-state index contributed by atoms with van der Waals surface area (Å²) in [6.45, 7) is 1.79. The van der Waals surface area contributed by atoms with E-state index in [2.05, 4.69) is 4.98 Å². The summed E-state index contributed by atoms with van der Waals surface area (Å²) in [6.07, 6.45) is 3.63. The molecule has 0 unspecified atom stereocenters. The first-order valence-corrected chi connectivity index (χ1v) is 8.23. The molecule has 3 rings (SSSR count). The molecule has 2 heterocycles. The first kappa shape index (κ1) is 17.0. The molecule has 6 heteroatoms. The van der Waals surface area contributed by atoms with Crippen LogP contribution in [0.3, 0.4) is 0 Å². The second-order valence-corrected chi connectivity index (χ2v) is 6.02. The Morgan fingerprint density at radius 1 is 1.16 bits per heavy atom. The lowest BCUT2D eigenvalue weighted by molar-refractivity contribution is -0.145. The molecule has 1 aliphatic rings. The van der Waals surface area contributed by atoms with Gasteiger partial charge in [-0.3, -0.25) is 14.6 Å².